The lowest BCUT2D eigenvalue weighted by atomic mass is 9.80. The molecule has 0 saturated carbocycles. The van der Waals surface area contributed by atoms with Crippen molar-refractivity contribution >= 4 is 0 Å². The van der Waals surface area contributed by atoms with E-state index in [0.717, 1.165) is 0 Å². The lowest BCUT2D eigenvalue weighted by Gasteiger charge is -2.41. The fourth-order valence-corrected chi connectivity index (χ4v) is 2.36. The molecule has 0 amide bonds. The maximum absolute atomic E-state index is 5.38. The molecule has 1 aromatic carbocycles. The van der Waals surface area contributed by atoms with Crippen LogP contribution in [0.25, 0.3) is 0 Å². The first kappa shape index (κ1) is 8.21. The van der Waals surface area contributed by atoms with E-state index in [-0.39, 0.29) is 6.10 Å². The Balaban J connectivity index is 2.29. The van der Waals surface area contributed by atoms with Gasteiger partial charge in [-0.2, -0.15) is 0 Å². The summed E-state index contributed by atoms with van der Waals surface area (Å²) in [5.41, 5.74) is 3.30. The van der Waals surface area contributed by atoms with Gasteiger partial charge in [-0.25, -0.2) is 9.78 Å². The van der Waals surface area contributed by atoms with Gasteiger partial charge in [0.25, 0.3) is 0 Å². The van der Waals surface area contributed by atoms with Crippen LogP contribution in [0.2, 0.25) is 0 Å². The van der Waals surface area contributed by atoms with Gasteiger partial charge in [0, 0.05) is 0 Å². The summed E-state index contributed by atoms with van der Waals surface area (Å²) in [6.07, 6.45) is 2.14. The molecule has 3 aliphatic rings. The molecule has 2 atom stereocenters. The molecule has 1 aromatic rings. The van der Waals surface area contributed by atoms with Gasteiger partial charge < -0.3 is 0 Å². The summed E-state index contributed by atoms with van der Waals surface area (Å²) >= 11 is 0. The molecule has 14 heavy (non-hydrogen) atoms. The first-order chi connectivity index (χ1) is 6.71. The van der Waals surface area contributed by atoms with Crippen LogP contribution >= 0.6 is 0 Å². The zero-order valence-electron chi connectivity index (χ0n) is 8.28. The summed E-state index contributed by atoms with van der Waals surface area (Å²) in [5.74, 6) is 0. The van der Waals surface area contributed by atoms with Crippen LogP contribution in [0.1, 0.15) is 31.1 Å². The lowest BCUT2D eigenvalue weighted by Crippen LogP contribution is -2.37. The maximum Gasteiger partial charge on any atom is 0.145 e. The van der Waals surface area contributed by atoms with Crippen LogP contribution in [0.15, 0.2) is 35.9 Å². The molecule has 2 aliphatic heterocycles. The highest BCUT2D eigenvalue weighted by Gasteiger charge is 2.42. The normalized spacial score (nSPS) is 33.9. The summed E-state index contributed by atoms with van der Waals surface area (Å²) in [5, 5.41) is 0. The minimum absolute atomic E-state index is 0.00646. The van der Waals surface area contributed by atoms with E-state index >= 15 is 0 Å². The zero-order chi connectivity index (χ0) is 9.76. The third-order valence-corrected chi connectivity index (χ3v) is 3.01. The van der Waals surface area contributed by atoms with Crippen LogP contribution in [-0.2, 0) is 15.4 Å². The Morgan fingerprint density at radius 2 is 2.07 bits per heavy atom. The number of hydrogen-bond acceptors (Lipinski definition) is 2. The smallest absolute Gasteiger partial charge is 0.145 e. The van der Waals surface area contributed by atoms with Gasteiger partial charge in [0.15, 0.2) is 0 Å². The van der Waals surface area contributed by atoms with Crippen LogP contribution in [0.3, 0.4) is 0 Å². The van der Waals surface area contributed by atoms with Crippen LogP contribution in [0.4, 0.5) is 0 Å². The van der Waals surface area contributed by atoms with E-state index in [1.807, 2.05) is 19.1 Å². The largest absolute Gasteiger partial charge is 0.223 e. The van der Waals surface area contributed by atoms with Gasteiger partial charge in [0.2, 0.25) is 0 Å². The lowest BCUT2D eigenvalue weighted by molar-refractivity contribution is -0.389. The van der Waals surface area contributed by atoms with Gasteiger partial charge in [-0.15, -0.1) is 0 Å². The minimum atomic E-state index is -0.393. The van der Waals surface area contributed by atoms with Gasteiger partial charge in [-0.05, 0) is 36.6 Å². The fourth-order valence-electron chi connectivity index (χ4n) is 2.36. The second-order valence-corrected chi connectivity index (χ2v) is 4.14. The zero-order valence-corrected chi connectivity index (χ0v) is 8.28. The summed E-state index contributed by atoms with van der Waals surface area (Å²) < 4.78 is 0. The molecule has 0 spiro atoms. The van der Waals surface area contributed by atoms with Crippen LogP contribution < -0.4 is 0 Å². The fraction of sp³-hybridized carbons (Fsp3) is 0.333. The molecule has 2 heterocycles. The topological polar surface area (TPSA) is 18.5 Å². The first-order valence-corrected chi connectivity index (χ1v) is 4.84. The first-order valence-electron chi connectivity index (χ1n) is 4.84. The molecule has 72 valence electrons. The molecule has 0 saturated heterocycles. The van der Waals surface area contributed by atoms with Gasteiger partial charge in [0.05, 0.1) is 0 Å². The van der Waals surface area contributed by atoms with Crippen molar-refractivity contribution in [1.82, 2.24) is 0 Å². The third kappa shape index (κ3) is 0.873. The third-order valence-electron chi connectivity index (χ3n) is 3.01. The highest BCUT2D eigenvalue weighted by atomic mass is 17.2. The second kappa shape index (κ2) is 2.47. The van der Waals surface area contributed by atoms with Crippen molar-refractivity contribution in [1.29, 1.82) is 0 Å². The molecule has 2 nitrogen and oxygen atoms in total. The Bertz CT molecular complexity index is 422. The highest BCUT2D eigenvalue weighted by molar-refractivity contribution is 5.45. The Hall–Kier alpha value is -1.12. The van der Waals surface area contributed by atoms with Gasteiger partial charge in [-0.3, -0.25) is 0 Å². The average molecular weight is 188 g/mol. The molecule has 0 N–H and O–H groups in total. The van der Waals surface area contributed by atoms with Crippen molar-refractivity contribution in [3.05, 3.63) is 47.0 Å². The van der Waals surface area contributed by atoms with Gasteiger partial charge >= 0.3 is 0 Å². The predicted octanol–water partition coefficient (Wildman–Crippen LogP) is 2.86. The van der Waals surface area contributed by atoms with E-state index in [0.29, 0.717) is 0 Å². The van der Waals surface area contributed by atoms with Crippen LogP contribution in [-0.4, -0.2) is 0 Å². The standard InChI is InChI=1S/C12H12O2/c1-8-7-12(2)10-6-4-3-5-9(10)11(8)13-14-12/h3-7,11H,1-2H3. The predicted molar refractivity (Wildman–Crippen MR) is 52.5 cm³/mol. The van der Waals surface area contributed by atoms with Crippen molar-refractivity contribution < 1.29 is 9.78 Å². The van der Waals surface area contributed by atoms with E-state index in [2.05, 4.69) is 25.1 Å². The van der Waals surface area contributed by atoms with Crippen molar-refractivity contribution in [2.24, 2.45) is 0 Å². The van der Waals surface area contributed by atoms with E-state index in [1.165, 1.54) is 16.7 Å². The molecular formula is C12H12O2. The van der Waals surface area contributed by atoms with Crippen LogP contribution in [0.5, 0.6) is 0 Å². The van der Waals surface area contributed by atoms with E-state index in [4.69, 9.17) is 9.78 Å². The second-order valence-electron chi connectivity index (χ2n) is 4.14. The Labute approximate surface area is 83.1 Å². The number of benzene rings is 1. The summed E-state index contributed by atoms with van der Waals surface area (Å²) in [7, 11) is 0. The van der Waals surface area contributed by atoms with E-state index in [9.17, 15) is 0 Å². The Morgan fingerprint density at radius 3 is 2.86 bits per heavy atom. The van der Waals surface area contributed by atoms with E-state index in [1.54, 1.807) is 0 Å². The van der Waals surface area contributed by atoms with Crippen molar-refractivity contribution in [2.45, 2.75) is 25.6 Å². The Morgan fingerprint density at radius 1 is 1.29 bits per heavy atom. The number of rotatable bonds is 0. The molecule has 4 rings (SSSR count). The molecule has 0 radical (unpaired) electrons. The summed E-state index contributed by atoms with van der Waals surface area (Å²) in [6.45, 7) is 4.12. The SMILES string of the molecule is CC1=CC2(C)OOC1c1ccccc12. The molecule has 2 heteroatoms. The van der Waals surface area contributed by atoms with Crippen molar-refractivity contribution in [3.63, 3.8) is 0 Å². The monoisotopic (exact) mass is 188 g/mol. The molecular weight excluding hydrogens is 176 g/mol. The molecule has 2 unspecified atom stereocenters. The van der Waals surface area contributed by atoms with Crippen LogP contribution in [0, 0.1) is 0 Å². The van der Waals surface area contributed by atoms with E-state index < -0.39 is 5.60 Å². The number of fused-ring (bicyclic) bond motifs is 1. The Kier molecular flexibility index (Phi) is 1.45. The molecule has 0 aromatic heterocycles. The minimum Gasteiger partial charge on any atom is -0.223 e. The summed E-state index contributed by atoms with van der Waals surface area (Å²) in [4.78, 5) is 10.7. The average Bonchev–Trinajstić information content (AvgIpc) is 2.18. The van der Waals surface area contributed by atoms with Gasteiger partial charge in [0.1, 0.15) is 11.7 Å². The maximum atomic E-state index is 5.38. The van der Waals surface area contributed by atoms with Crippen molar-refractivity contribution in [3.8, 4) is 0 Å². The highest BCUT2D eigenvalue weighted by Crippen LogP contribution is 2.48. The van der Waals surface area contributed by atoms with Crippen molar-refractivity contribution in [2.75, 3.05) is 0 Å². The quantitative estimate of drug-likeness (QED) is 0.460. The molecule has 2 bridgehead atoms. The summed E-state index contributed by atoms with van der Waals surface area (Å²) in [6, 6.07) is 8.29. The molecule has 0 fully saturated rings. The molecule has 1 aliphatic carbocycles. The van der Waals surface area contributed by atoms with Gasteiger partial charge in [-0.1, -0.05) is 24.3 Å². The number of hydrogen-bond donors (Lipinski definition) is 0.